The van der Waals surface area contributed by atoms with Crippen molar-refractivity contribution < 1.29 is 27.6 Å². The van der Waals surface area contributed by atoms with E-state index in [2.05, 4.69) is 15.4 Å². The molecular weight excluding hydrogens is 544 g/mol. The number of carbonyl (C=O) groups is 4. The van der Waals surface area contributed by atoms with E-state index in [-0.39, 0.29) is 24.2 Å². The molecular formula is C30H40N4O6S. The number of allylic oxidation sites excluding steroid dienone is 1. The first kappa shape index (κ1) is 29.3. The summed E-state index contributed by atoms with van der Waals surface area (Å²) < 4.78 is 27.2. The van der Waals surface area contributed by atoms with Crippen LogP contribution in [0.3, 0.4) is 0 Å². The molecule has 2 aliphatic carbocycles. The van der Waals surface area contributed by atoms with Crippen LogP contribution in [-0.2, 0) is 35.6 Å². The van der Waals surface area contributed by atoms with E-state index in [1.807, 2.05) is 43.3 Å². The van der Waals surface area contributed by atoms with Gasteiger partial charge in [-0.05, 0) is 63.9 Å². The average Bonchev–Trinajstić information content (AvgIpc) is 3.84. The molecule has 3 fully saturated rings. The minimum absolute atomic E-state index is 0.154. The molecule has 2 aliphatic heterocycles. The summed E-state index contributed by atoms with van der Waals surface area (Å²) >= 11 is 0. The lowest BCUT2D eigenvalue weighted by Gasteiger charge is -2.30. The molecule has 3 N–H and O–H groups in total. The number of fused-ring (bicyclic) bond motifs is 2. The van der Waals surface area contributed by atoms with Gasteiger partial charge in [-0.3, -0.25) is 23.9 Å². The van der Waals surface area contributed by atoms with Crippen LogP contribution in [-0.4, -0.2) is 66.4 Å². The van der Waals surface area contributed by atoms with Crippen LogP contribution in [0, 0.1) is 12.8 Å². The first-order valence-electron chi connectivity index (χ1n) is 14.8. The number of amides is 4. The van der Waals surface area contributed by atoms with Crippen LogP contribution in [0.1, 0.15) is 75.3 Å². The Morgan fingerprint density at radius 1 is 1.02 bits per heavy atom. The Morgan fingerprint density at radius 2 is 1.78 bits per heavy atom. The van der Waals surface area contributed by atoms with Gasteiger partial charge in [0.15, 0.2) is 0 Å². The lowest BCUT2D eigenvalue weighted by molar-refractivity contribution is -0.142. The second-order valence-electron chi connectivity index (χ2n) is 12.0. The highest BCUT2D eigenvalue weighted by atomic mass is 32.2. The zero-order chi connectivity index (χ0) is 29.2. The molecule has 11 heteroatoms. The quantitative estimate of drug-likeness (QED) is 0.437. The number of rotatable bonds is 6. The SMILES string of the molecule is Cc1ccc(CC(=O)N[C@H]2CCCCCC=C[C@@H]3C[C@@]3(C(=O)NS(=O)(=O)C3CC3)NC(=O)[C@@H]3CCCN3C2=O)cc1. The zero-order valence-electron chi connectivity index (χ0n) is 23.6. The van der Waals surface area contributed by atoms with Crippen molar-refractivity contribution in [3.63, 3.8) is 0 Å². The third kappa shape index (κ3) is 6.82. The lowest BCUT2D eigenvalue weighted by atomic mass is 10.0. The van der Waals surface area contributed by atoms with Crippen molar-refractivity contribution in [1.82, 2.24) is 20.3 Å². The van der Waals surface area contributed by atoms with E-state index in [0.717, 1.165) is 36.8 Å². The third-order valence-corrected chi connectivity index (χ3v) is 10.5. The normalized spacial score (nSPS) is 28.9. The summed E-state index contributed by atoms with van der Waals surface area (Å²) in [4.78, 5) is 55.1. The van der Waals surface area contributed by atoms with Gasteiger partial charge in [0, 0.05) is 12.5 Å². The van der Waals surface area contributed by atoms with E-state index in [1.165, 1.54) is 4.90 Å². The topological polar surface area (TPSA) is 142 Å². The number of hydrogen-bond donors (Lipinski definition) is 3. The molecule has 2 heterocycles. The maximum absolute atomic E-state index is 13.8. The lowest BCUT2D eigenvalue weighted by Crippen LogP contribution is -2.58. The molecule has 5 rings (SSSR count). The van der Waals surface area contributed by atoms with E-state index >= 15 is 0 Å². The van der Waals surface area contributed by atoms with Crippen molar-refractivity contribution in [2.24, 2.45) is 5.92 Å². The van der Waals surface area contributed by atoms with Gasteiger partial charge in [-0.25, -0.2) is 8.42 Å². The van der Waals surface area contributed by atoms with Crippen molar-refractivity contribution in [2.75, 3.05) is 6.54 Å². The van der Waals surface area contributed by atoms with Crippen molar-refractivity contribution in [3.8, 4) is 0 Å². The predicted octanol–water partition coefficient (Wildman–Crippen LogP) is 2.02. The monoisotopic (exact) mass is 584 g/mol. The first-order chi connectivity index (χ1) is 19.6. The predicted molar refractivity (Wildman–Crippen MR) is 153 cm³/mol. The van der Waals surface area contributed by atoms with Crippen molar-refractivity contribution in [1.29, 1.82) is 0 Å². The molecule has 10 nitrogen and oxygen atoms in total. The molecule has 4 aliphatic rings. The summed E-state index contributed by atoms with van der Waals surface area (Å²) in [5.41, 5.74) is 0.601. The molecule has 41 heavy (non-hydrogen) atoms. The second kappa shape index (κ2) is 12.0. The summed E-state index contributed by atoms with van der Waals surface area (Å²) in [6.07, 6.45) is 10.1. The van der Waals surface area contributed by atoms with Crippen LogP contribution in [0.2, 0.25) is 0 Å². The molecule has 4 amide bonds. The van der Waals surface area contributed by atoms with Crippen LogP contribution in [0.15, 0.2) is 36.4 Å². The summed E-state index contributed by atoms with van der Waals surface area (Å²) in [5, 5.41) is 5.22. The van der Waals surface area contributed by atoms with E-state index in [4.69, 9.17) is 0 Å². The van der Waals surface area contributed by atoms with Gasteiger partial charge in [0.25, 0.3) is 5.91 Å². The molecule has 0 bridgehead atoms. The number of benzene rings is 1. The van der Waals surface area contributed by atoms with E-state index in [9.17, 15) is 27.6 Å². The van der Waals surface area contributed by atoms with Gasteiger partial charge in [-0.2, -0.15) is 0 Å². The summed E-state index contributed by atoms with van der Waals surface area (Å²) in [5.74, 6) is -2.04. The van der Waals surface area contributed by atoms with Crippen LogP contribution >= 0.6 is 0 Å². The van der Waals surface area contributed by atoms with Gasteiger partial charge in [-0.15, -0.1) is 0 Å². The highest BCUT2D eigenvalue weighted by Crippen LogP contribution is 2.46. The summed E-state index contributed by atoms with van der Waals surface area (Å²) in [6.45, 7) is 2.35. The molecule has 0 spiro atoms. The van der Waals surface area contributed by atoms with Crippen molar-refractivity contribution in [3.05, 3.63) is 47.5 Å². The molecule has 222 valence electrons. The molecule has 0 aromatic heterocycles. The Kier molecular flexibility index (Phi) is 8.54. The Labute approximate surface area is 241 Å². The fourth-order valence-corrected chi connectivity index (χ4v) is 7.28. The fourth-order valence-electron chi connectivity index (χ4n) is 5.91. The molecule has 4 atom stereocenters. The van der Waals surface area contributed by atoms with Crippen LogP contribution in [0.5, 0.6) is 0 Å². The molecule has 2 saturated carbocycles. The van der Waals surface area contributed by atoms with Crippen molar-refractivity contribution in [2.45, 2.75) is 100 Å². The standard InChI is InChI=1S/C30H40N4O6S/c1-20-11-13-21(14-12-20)18-26(35)31-24-9-6-4-2-3-5-8-22-19-30(22,29(38)33-41(39,40)23-15-16-23)32-27(36)25-10-7-17-34(25)28(24)37/h5,8,11-14,22-25H,2-4,6-7,9-10,15-19H2,1H3,(H,31,35)(H,32,36)(H,33,38)/t22-,24+,25+,30-/m1/s1. The molecule has 0 unspecified atom stereocenters. The second-order valence-corrected chi connectivity index (χ2v) is 13.9. The number of carbonyl (C=O) groups excluding carboxylic acids is 4. The van der Waals surface area contributed by atoms with Gasteiger partial charge in [-0.1, -0.05) is 54.8 Å². The van der Waals surface area contributed by atoms with Gasteiger partial charge in [0.1, 0.15) is 17.6 Å². The Balaban J connectivity index is 1.32. The zero-order valence-corrected chi connectivity index (χ0v) is 24.4. The average molecular weight is 585 g/mol. The molecule has 1 aromatic carbocycles. The number of sulfonamides is 1. The highest BCUT2D eigenvalue weighted by Gasteiger charge is 2.61. The van der Waals surface area contributed by atoms with Crippen LogP contribution < -0.4 is 15.4 Å². The Morgan fingerprint density at radius 3 is 2.51 bits per heavy atom. The van der Waals surface area contributed by atoms with Crippen LogP contribution in [0.4, 0.5) is 0 Å². The van der Waals surface area contributed by atoms with Gasteiger partial charge < -0.3 is 15.5 Å². The molecule has 1 saturated heterocycles. The minimum Gasteiger partial charge on any atom is -0.344 e. The van der Waals surface area contributed by atoms with E-state index in [0.29, 0.717) is 45.1 Å². The number of aryl methyl sites for hydroxylation is 1. The summed E-state index contributed by atoms with van der Waals surface area (Å²) in [6, 6.07) is 6.14. The van der Waals surface area contributed by atoms with Gasteiger partial charge in [0.05, 0.1) is 11.7 Å². The highest BCUT2D eigenvalue weighted by molar-refractivity contribution is 7.91. The maximum Gasteiger partial charge on any atom is 0.259 e. The maximum atomic E-state index is 13.8. The number of nitrogens with one attached hydrogen (secondary N) is 3. The molecule has 1 aromatic rings. The number of hydrogen-bond acceptors (Lipinski definition) is 6. The smallest absolute Gasteiger partial charge is 0.259 e. The van der Waals surface area contributed by atoms with Gasteiger partial charge in [0.2, 0.25) is 27.7 Å². The summed E-state index contributed by atoms with van der Waals surface area (Å²) in [7, 11) is -3.78. The Hall–Kier alpha value is -3.21. The third-order valence-electron chi connectivity index (χ3n) is 8.65. The van der Waals surface area contributed by atoms with Crippen molar-refractivity contribution >= 4 is 33.7 Å². The molecule has 0 radical (unpaired) electrons. The first-order valence-corrected chi connectivity index (χ1v) is 16.3. The fraction of sp³-hybridized carbons (Fsp3) is 0.600. The van der Waals surface area contributed by atoms with E-state index < -0.39 is 44.7 Å². The largest absolute Gasteiger partial charge is 0.344 e. The minimum atomic E-state index is -3.78. The van der Waals surface area contributed by atoms with E-state index in [1.54, 1.807) is 0 Å². The number of nitrogens with zero attached hydrogens (tertiary/aromatic N) is 1. The van der Waals surface area contributed by atoms with Gasteiger partial charge >= 0.3 is 0 Å². The Bertz CT molecular complexity index is 1320. The van der Waals surface area contributed by atoms with Crippen LogP contribution in [0.25, 0.3) is 0 Å².